The Morgan fingerprint density at radius 2 is 1.49 bits per heavy atom. The lowest BCUT2D eigenvalue weighted by atomic mass is 10.1. The Labute approximate surface area is 207 Å². The molecule has 1 aliphatic heterocycles. The number of benzene rings is 2. The van der Waals surface area contributed by atoms with Gasteiger partial charge in [-0.3, -0.25) is 14.5 Å². The molecule has 184 valence electrons. The molecule has 0 unspecified atom stereocenters. The van der Waals surface area contributed by atoms with Crippen molar-refractivity contribution in [3.8, 4) is 5.69 Å². The highest BCUT2D eigenvalue weighted by Crippen LogP contribution is 2.18. The number of piperazine rings is 1. The molecule has 0 bridgehead atoms. The normalized spacial score (nSPS) is 14.7. The summed E-state index contributed by atoms with van der Waals surface area (Å²) < 4.78 is 1.72. The van der Waals surface area contributed by atoms with Gasteiger partial charge in [-0.25, -0.2) is 4.68 Å². The summed E-state index contributed by atoms with van der Waals surface area (Å²) in [5.41, 5.74) is 3.87. The van der Waals surface area contributed by atoms with Crippen LogP contribution >= 0.6 is 0 Å². The molecule has 1 aliphatic rings. The van der Waals surface area contributed by atoms with Crippen molar-refractivity contribution in [1.82, 2.24) is 24.9 Å². The summed E-state index contributed by atoms with van der Waals surface area (Å²) in [6.45, 7) is 10.4. The molecule has 1 N–H and O–H groups in total. The minimum absolute atomic E-state index is 0.389. The molecule has 0 spiro atoms. The van der Waals surface area contributed by atoms with Crippen molar-refractivity contribution < 1.29 is 9.59 Å². The first-order valence-electron chi connectivity index (χ1n) is 12.5. The van der Waals surface area contributed by atoms with E-state index in [1.807, 2.05) is 37.3 Å². The molecule has 0 aliphatic carbocycles. The number of hydrogen-bond acceptors (Lipinski definition) is 5. The molecular weight excluding hydrogens is 438 g/mol. The van der Waals surface area contributed by atoms with Gasteiger partial charge in [-0.1, -0.05) is 48.5 Å². The molecule has 7 heteroatoms. The smallest absolute Gasteiger partial charge is 0.292 e. The van der Waals surface area contributed by atoms with Gasteiger partial charge in [0.2, 0.25) is 0 Å². The lowest BCUT2D eigenvalue weighted by molar-refractivity contribution is -0.117. The maximum atomic E-state index is 12.8. The number of rotatable bonds is 10. The number of carbonyl (C=O) groups excluding carboxylic acids is 2. The van der Waals surface area contributed by atoms with Gasteiger partial charge in [0, 0.05) is 39.3 Å². The fourth-order valence-corrected chi connectivity index (χ4v) is 4.66. The molecule has 4 rings (SSSR count). The third-order valence-corrected chi connectivity index (χ3v) is 6.63. The van der Waals surface area contributed by atoms with Crippen molar-refractivity contribution >= 4 is 11.7 Å². The molecule has 35 heavy (non-hydrogen) atoms. The van der Waals surface area contributed by atoms with Crippen LogP contribution in [0.25, 0.3) is 5.69 Å². The molecule has 1 amide bonds. The number of hydrogen-bond donors (Lipinski definition) is 1. The van der Waals surface area contributed by atoms with E-state index in [0.717, 1.165) is 57.8 Å². The van der Waals surface area contributed by atoms with Crippen LogP contribution in [0.2, 0.25) is 0 Å². The SMILES string of the molecule is Cc1nn(-c2ccccc2)c(C)c1C(=O)C(=O)NCCCCN1CCN(Cc2ccccc2)CC1. The van der Waals surface area contributed by atoms with Gasteiger partial charge < -0.3 is 10.2 Å². The Morgan fingerprint density at radius 3 is 2.17 bits per heavy atom. The van der Waals surface area contributed by atoms with Gasteiger partial charge in [-0.2, -0.15) is 5.10 Å². The monoisotopic (exact) mass is 473 g/mol. The third kappa shape index (κ3) is 6.44. The summed E-state index contributed by atoms with van der Waals surface area (Å²) in [5.74, 6) is -1.07. The standard InChI is InChI=1S/C28H35N5O2/c1-22-26(23(2)33(30-22)25-13-7-4-8-14-25)27(34)28(35)29-15-9-10-16-31-17-19-32(20-18-31)21-24-11-5-3-6-12-24/h3-8,11-14H,9-10,15-21H2,1-2H3,(H,29,35). The Hall–Kier alpha value is -3.29. The van der Waals surface area contributed by atoms with Gasteiger partial charge in [-0.15, -0.1) is 0 Å². The number of amides is 1. The number of para-hydroxylation sites is 1. The fraction of sp³-hybridized carbons (Fsp3) is 0.393. The summed E-state index contributed by atoms with van der Waals surface area (Å²) in [6.07, 6.45) is 1.85. The van der Waals surface area contributed by atoms with E-state index in [2.05, 4.69) is 50.5 Å². The minimum Gasteiger partial charge on any atom is -0.349 e. The molecule has 1 fully saturated rings. The van der Waals surface area contributed by atoms with Crippen LogP contribution in [0.3, 0.4) is 0 Å². The highest BCUT2D eigenvalue weighted by molar-refractivity contribution is 6.43. The maximum Gasteiger partial charge on any atom is 0.292 e. The van der Waals surface area contributed by atoms with Gasteiger partial charge in [-0.05, 0) is 50.9 Å². The van der Waals surface area contributed by atoms with Crippen molar-refractivity contribution in [3.63, 3.8) is 0 Å². The summed E-state index contributed by atoms with van der Waals surface area (Å²) in [5, 5.41) is 7.29. The Kier molecular flexibility index (Phi) is 8.45. The quantitative estimate of drug-likeness (QED) is 0.278. The number of nitrogens with zero attached hydrogens (tertiary/aromatic N) is 4. The van der Waals surface area contributed by atoms with Crippen LogP contribution in [-0.2, 0) is 11.3 Å². The molecule has 0 atom stereocenters. The molecule has 2 aromatic carbocycles. The second kappa shape index (κ2) is 11.9. The van der Waals surface area contributed by atoms with Crippen LogP contribution in [0.5, 0.6) is 0 Å². The van der Waals surface area contributed by atoms with E-state index < -0.39 is 11.7 Å². The van der Waals surface area contributed by atoms with Crippen LogP contribution in [0.1, 0.15) is 40.2 Å². The summed E-state index contributed by atoms with van der Waals surface area (Å²) in [4.78, 5) is 30.3. The van der Waals surface area contributed by atoms with Gasteiger partial charge in [0.1, 0.15) is 0 Å². The lowest BCUT2D eigenvalue weighted by Gasteiger charge is -2.34. The minimum atomic E-state index is -0.557. The second-order valence-corrected chi connectivity index (χ2v) is 9.19. The number of aryl methyl sites for hydroxylation is 1. The number of aromatic nitrogens is 2. The van der Waals surface area contributed by atoms with E-state index in [1.165, 1.54) is 5.56 Å². The van der Waals surface area contributed by atoms with Crippen molar-refractivity contribution in [2.75, 3.05) is 39.3 Å². The Bertz CT molecular complexity index is 1120. The molecule has 0 saturated carbocycles. The van der Waals surface area contributed by atoms with E-state index in [0.29, 0.717) is 23.5 Å². The third-order valence-electron chi connectivity index (χ3n) is 6.63. The number of unbranched alkanes of at least 4 members (excludes halogenated alkanes) is 1. The van der Waals surface area contributed by atoms with Crippen LogP contribution in [0.4, 0.5) is 0 Å². The summed E-state index contributed by atoms with van der Waals surface area (Å²) in [7, 11) is 0. The van der Waals surface area contributed by atoms with Crippen molar-refractivity contribution in [2.45, 2.75) is 33.2 Å². The Balaban J connectivity index is 1.17. The topological polar surface area (TPSA) is 70.5 Å². The first-order chi connectivity index (χ1) is 17.0. The average Bonchev–Trinajstić information content (AvgIpc) is 3.19. The van der Waals surface area contributed by atoms with Gasteiger partial charge in [0.05, 0.1) is 22.6 Å². The molecular formula is C28H35N5O2. The maximum absolute atomic E-state index is 12.8. The summed E-state index contributed by atoms with van der Waals surface area (Å²) >= 11 is 0. The predicted octanol–water partition coefficient (Wildman–Crippen LogP) is 3.39. The Morgan fingerprint density at radius 1 is 0.857 bits per heavy atom. The zero-order valence-corrected chi connectivity index (χ0v) is 20.7. The first-order valence-corrected chi connectivity index (χ1v) is 12.5. The zero-order valence-electron chi connectivity index (χ0n) is 20.7. The molecule has 7 nitrogen and oxygen atoms in total. The zero-order chi connectivity index (χ0) is 24.6. The molecule has 3 aromatic rings. The molecule has 1 saturated heterocycles. The van der Waals surface area contributed by atoms with Crippen LogP contribution in [0, 0.1) is 13.8 Å². The van der Waals surface area contributed by atoms with E-state index in [4.69, 9.17) is 0 Å². The lowest BCUT2D eigenvalue weighted by Crippen LogP contribution is -2.46. The van der Waals surface area contributed by atoms with E-state index in [9.17, 15) is 9.59 Å². The van der Waals surface area contributed by atoms with E-state index in [1.54, 1.807) is 11.6 Å². The second-order valence-electron chi connectivity index (χ2n) is 9.19. The fourth-order valence-electron chi connectivity index (χ4n) is 4.66. The highest BCUT2D eigenvalue weighted by Gasteiger charge is 2.25. The summed E-state index contributed by atoms with van der Waals surface area (Å²) in [6, 6.07) is 20.2. The van der Waals surface area contributed by atoms with Crippen LogP contribution in [0.15, 0.2) is 60.7 Å². The largest absolute Gasteiger partial charge is 0.349 e. The molecule has 1 aromatic heterocycles. The van der Waals surface area contributed by atoms with Gasteiger partial charge in [0.25, 0.3) is 11.7 Å². The van der Waals surface area contributed by atoms with Gasteiger partial charge >= 0.3 is 0 Å². The van der Waals surface area contributed by atoms with E-state index >= 15 is 0 Å². The van der Waals surface area contributed by atoms with Crippen molar-refractivity contribution in [3.05, 3.63) is 83.2 Å². The van der Waals surface area contributed by atoms with Gasteiger partial charge in [0.15, 0.2) is 0 Å². The number of ketones is 1. The predicted molar refractivity (Wildman–Crippen MR) is 138 cm³/mol. The number of Topliss-reactive ketones (excluding diaryl/α,β-unsaturated/α-hetero) is 1. The molecule has 2 heterocycles. The van der Waals surface area contributed by atoms with Crippen LogP contribution in [-0.4, -0.2) is 70.5 Å². The van der Waals surface area contributed by atoms with Crippen molar-refractivity contribution in [1.29, 1.82) is 0 Å². The highest BCUT2D eigenvalue weighted by atomic mass is 16.2. The first kappa shape index (κ1) is 24.8. The number of carbonyl (C=O) groups is 2. The van der Waals surface area contributed by atoms with E-state index in [-0.39, 0.29) is 0 Å². The average molecular weight is 474 g/mol. The number of nitrogens with one attached hydrogen (secondary N) is 1. The molecule has 0 radical (unpaired) electrons. The van der Waals surface area contributed by atoms with Crippen molar-refractivity contribution in [2.24, 2.45) is 0 Å². The van der Waals surface area contributed by atoms with Crippen LogP contribution < -0.4 is 5.32 Å².